The highest BCUT2D eigenvalue weighted by Gasteiger charge is 2.19. The van der Waals surface area contributed by atoms with Gasteiger partial charge in [-0.25, -0.2) is 13.1 Å². The highest BCUT2D eigenvalue weighted by Crippen LogP contribution is 2.22. The first-order valence-electron chi connectivity index (χ1n) is 7.54. The summed E-state index contributed by atoms with van der Waals surface area (Å²) in [5.74, 6) is 0. The van der Waals surface area contributed by atoms with E-state index in [1.807, 2.05) is 68.4 Å². The second-order valence-corrected chi connectivity index (χ2v) is 7.42. The molecule has 0 aliphatic carbocycles. The van der Waals surface area contributed by atoms with Crippen LogP contribution in [0.15, 0.2) is 71.6 Å². The zero-order valence-corrected chi connectivity index (χ0v) is 14.0. The monoisotopic (exact) mass is 325 g/mol. The molecule has 0 heterocycles. The molecule has 4 heteroatoms. The molecule has 0 fully saturated rings. The smallest absolute Gasteiger partial charge is 0.207 e. The molecule has 0 saturated heterocycles. The molecule has 0 aromatic heterocycles. The average molecular weight is 325 g/mol. The number of nitrogens with one attached hydrogen (secondary N) is 1. The maximum atomic E-state index is 12.7. The van der Waals surface area contributed by atoms with Crippen molar-refractivity contribution in [2.75, 3.05) is 0 Å². The molecule has 3 aromatic carbocycles. The second-order valence-electron chi connectivity index (χ2n) is 5.71. The van der Waals surface area contributed by atoms with Crippen molar-refractivity contribution in [2.24, 2.45) is 0 Å². The largest absolute Gasteiger partial charge is 0.241 e. The van der Waals surface area contributed by atoms with Gasteiger partial charge in [0.15, 0.2) is 0 Å². The van der Waals surface area contributed by atoms with Gasteiger partial charge in [-0.05, 0) is 47.9 Å². The predicted molar refractivity (Wildman–Crippen MR) is 93.9 cm³/mol. The van der Waals surface area contributed by atoms with E-state index in [1.165, 1.54) is 0 Å². The van der Waals surface area contributed by atoms with Crippen LogP contribution in [0.3, 0.4) is 0 Å². The summed E-state index contributed by atoms with van der Waals surface area (Å²) < 4.78 is 28.1. The molecule has 0 saturated carbocycles. The van der Waals surface area contributed by atoms with E-state index in [9.17, 15) is 8.42 Å². The van der Waals surface area contributed by atoms with Crippen molar-refractivity contribution in [1.29, 1.82) is 0 Å². The summed E-state index contributed by atoms with van der Waals surface area (Å²) >= 11 is 0. The van der Waals surface area contributed by atoms with E-state index in [-0.39, 0.29) is 10.9 Å². The lowest BCUT2D eigenvalue weighted by atomic mass is 10.0. The van der Waals surface area contributed by atoms with E-state index in [0.717, 1.165) is 21.9 Å². The Kier molecular flexibility index (Phi) is 4.20. The summed E-state index contributed by atoms with van der Waals surface area (Å²) in [6, 6.07) is 20.4. The number of hydrogen-bond acceptors (Lipinski definition) is 2. The van der Waals surface area contributed by atoms with E-state index < -0.39 is 10.0 Å². The molecule has 0 aliphatic heterocycles. The molecule has 0 bridgehead atoms. The molecule has 3 aromatic rings. The first-order chi connectivity index (χ1) is 11.0. The number of fused-ring (bicyclic) bond motifs is 1. The molecule has 0 amide bonds. The van der Waals surface area contributed by atoms with Gasteiger partial charge in [0.25, 0.3) is 0 Å². The van der Waals surface area contributed by atoms with E-state index in [2.05, 4.69) is 4.72 Å². The fourth-order valence-corrected chi connectivity index (χ4v) is 4.03. The maximum absolute atomic E-state index is 12.7. The number of sulfonamides is 1. The second kappa shape index (κ2) is 6.14. The van der Waals surface area contributed by atoms with Gasteiger partial charge in [0.1, 0.15) is 0 Å². The number of aryl methyl sites for hydroxylation is 1. The molecule has 23 heavy (non-hydrogen) atoms. The van der Waals surface area contributed by atoms with Gasteiger partial charge >= 0.3 is 0 Å². The van der Waals surface area contributed by atoms with Crippen LogP contribution >= 0.6 is 0 Å². The zero-order chi connectivity index (χ0) is 16.4. The maximum Gasteiger partial charge on any atom is 0.241 e. The van der Waals surface area contributed by atoms with E-state index in [0.29, 0.717) is 0 Å². The van der Waals surface area contributed by atoms with Gasteiger partial charge in [0, 0.05) is 6.04 Å². The van der Waals surface area contributed by atoms with Crippen molar-refractivity contribution in [2.45, 2.75) is 24.8 Å². The quantitative estimate of drug-likeness (QED) is 0.782. The standard InChI is InChI=1S/C19H19NO2S/c1-14-7-3-6-10-19(14)15(2)20-23(21,22)18-12-11-16-8-4-5-9-17(16)13-18/h3-13,15,20H,1-2H3/t15-/m1/s1. The lowest BCUT2D eigenvalue weighted by molar-refractivity contribution is 0.566. The topological polar surface area (TPSA) is 46.2 Å². The first-order valence-corrected chi connectivity index (χ1v) is 9.02. The van der Waals surface area contributed by atoms with E-state index in [1.54, 1.807) is 12.1 Å². The van der Waals surface area contributed by atoms with Gasteiger partial charge in [0.2, 0.25) is 10.0 Å². The SMILES string of the molecule is Cc1ccccc1[C@@H](C)NS(=O)(=O)c1ccc2ccccc2c1. The van der Waals surface area contributed by atoms with Gasteiger partial charge in [-0.1, -0.05) is 54.6 Å². The summed E-state index contributed by atoms with van der Waals surface area (Å²) in [5.41, 5.74) is 2.05. The van der Waals surface area contributed by atoms with Gasteiger partial charge in [-0.15, -0.1) is 0 Å². The number of hydrogen-bond donors (Lipinski definition) is 1. The Balaban J connectivity index is 1.92. The van der Waals surface area contributed by atoms with Crippen molar-refractivity contribution in [3.05, 3.63) is 77.9 Å². The van der Waals surface area contributed by atoms with Crippen LogP contribution in [0.5, 0.6) is 0 Å². The summed E-state index contributed by atoms with van der Waals surface area (Å²) in [5, 5.41) is 1.94. The van der Waals surface area contributed by atoms with E-state index in [4.69, 9.17) is 0 Å². The Morgan fingerprint density at radius 2 is 1.52 bits per heavy atom. The normalized spacial score (nSPS) is 13.1. The zero-order valence-electron chi connectivity index (χ0n) is 13.2. The predicted octanol–water partition coefficient (Wildman–Crippen LogP) is 4.19. The minimum absolute atomic E-state index is 0.285. The third-order valence-electron chi connectivity index (χ3n) is 4.02. The minimum Gasteiger partial charge on any atom is -0.207 e. The van der Waals surface area contributed by atoms with Gasteiger partial charge in [0.05, 0.1) is 4.90 Å². The number of rotatable bonds is 4. The third-order valence-corrected chi connectivity index (χ3v) is 5.56. The van der Waals surface area contributed by atoms with Crippen LogP contribution in [0.25, 0.3) is 10.8 Å². The van der Waals surface area contributed by atoms with Crippen LogP contribution in [0.1, 0.15) is 24.1 Å². The van der Waals surface area contributed by atoms with Crippen LogP contribution in [0.4, 0.5) is 0 Å². The van der Waals surface area contributed by atoms with Gasteiger partial charge in [-0.2, -0.15) is 0 Å². The molecule has 1 atom stereocenters. The van der Waals surface area contributed by atoms with Crippen LogP contribution < -0.4 is 4.72 Å². The molecule has 118 valence electrons. The minimum atomic E-state index is -3.57. The van der Waals surface area contributed by atoms with Crippen LogP contribution in [-0.2, 0) is 10.0 Å². The summed E-state index contributed by atoms with van der Waals surface area (Å²) in [6.45, 7) is 3.84. The fourth-order valence-electron chi connectivity index (χ4n) is 2.77. The summed E-state index contributed by atoms with van der Waals surface area (Å²) in [4.78, 5) is 0.289. The van der Waals surface area contributed by atoms with E-state index >= 15 is 0 Å². The van der Waals surface area contributed by atoms with Gasteiger partial charge in [-0.3, -0.25) is 0 Å². The molecule has 0 unspecified atom stereocenters. The lowest BCUT2D eigenvalue weighted by Gasteiger charge is -2.17. The van der Waals surface area contributed by atoms with Crippen molar-refractivity contribution >= 4 is 20.8 Å². The highest BCUT2D eigenvalue weighted by atomic mass is 32.2. The molecule has 0 radical (unpaired) electrons. The average Bonchev–Trinajstić information content (AvgIpc) is 2.54. The summed E-state index contributed by atoms with van der Waals surface area (Å²) in [6.07, 6.45) is 0. The van der Waals surface area contributed by atoms with Crippen molar-refractivity contribution in [3.8, 4) is 0 Å². The lowest BCUT2D eigenvalue weighted by Crippen LogP contribution is -2.27. The van der Waals surface area contributed by atoms with Gasteiger partial charge < -0.3 is 0 Å². The molecular formula is C19H19NO2S. The Morgan fingerprint density at radius 1 is 0.870 bits per heavy atom. The van der Waals surface area contributed by atoms with Crippen LogP contribution in [0.2, 0.25) is 0 Å². The molecule has 0 aliphatic rings. The Bertz CT molecular complexity index is 948. The molecule has 3 nitrogen and oxygen atoms in total. The Labute approximate surface area is 137 Å². The number of benzene rings is 3. The summed E-state index contributed by atoms with van der Waals surface area (Å²) in [7, 11) is -3.57. The van der Waals surface area contributed by atoms with Crippen LogP contribution in [0, 0.1) is 6.92 Å². The fraction of sp³-hybridized carbons (Fsp3) is 0.158. The van der Waals surface area contributed by atoms with Crippen LogP contribution in [-0.4, -0.2) is 8.42 Å². The Hall–Kier alpha value is -2.17. The third kappa shape index (κ3) is 3.28. The Morgan fingerprint density at radius 3 is 2.26 bits per heavy atom. The first kappa shape index (κ1) is 15.7. The molecule has 1 N–H and O–H groups in total. The molecule has 3 rings (SSSR count). The van der Waals surface area contributed by atoms with Crippen molar-refractivity contribution in [1.82, 2.24) is 4.72 Å². The molecular weight excluding hydrogens is 306 g/mol. The molecule has 0 spiro atoms. The van der Waals surface area contributed by atoms with Crippen molar-refractivity contribution in [3.63, 3.8) is 0 Å². The highest BCUT2D eigenvalue weighted by molar-refractivity contribution is 7.89. The van der Waals surface area contributed by atoms with Crippen molar-refractivity contribution < 1.29 is 8.42 Å².